The predicted octanol–water partition coefficient (Wildman–Crippen LogP) is 5.21. The number of hydrogen-bond acceptors (Lipinski definition) is 3. The number of rotatable bonds is 3. The van der Waals surface area contributed by atoms with E-state index in [1.165, 1.54) is 0 Å². The summed E-state index contributed by atoms with van der Waals surface area (Å²) in [7, 11) is 0. The Labute approximate surface area is 165 Å². The first-order valence-corrected chi connectivity index (χ1v) is 9.29. The summed E-state index contributed by atoms with van der Waals surface area (Å²) in [4.78, 5) is 22.0. The summed E-state index contributed by atoms with van der Waals surface area (Å²) in [6, 6.07) is 23.0. The molecular weight excluding hydrogens is 402 g/mol. The lowest BCUT2D eigenvalue weighted by atomic mass is 10.2. The van der Waals surface area contributed by atoms with Crippen molar-refractivity contribution in [2.75, 3.05) is 0 Å². The maximum Gasteiger partial charge on any atom is 0.265 e. The molecule has 4 nitrogen and oxygen atoms in total. The Morgan fingerprint density at radius 1 is 1.00 bits per heavy atom. The maximum absolute atomic E-state index is 13.0. The van der Waals surface area contributed by atoms with Crippen LogP contribution in [0.4, 0.5) is 5.69 Å². The fraction of sp³-hybridized carbons (Fsp3) is 0.0455. The molecule has 0 N–H and O–H groups in total. The van der Waals surface area contributed by atoms with Crippen molar-refractivity contribution >= 4 is 38.7 Å². The minimum Gasteiger partial charge on any atom is -0.268 e. The monoisotopic (exact) mass is 417 g/mol. The molecule has 3 aromatic carbocycles. The van der Waals surface area contributed by atoms with E-state index in [1.807, 2.05) is 79.9 Å². The highest BCUT2D eigenvalue weighted by atomic mass is 79.9. The molecular formula is C22H16BrN3O. The predicted molar refractivity (Wildman–Crippen MR) is 113 cm³/mol. The normalized spacial score (nSPS) is 11.3. The fourth-order valence-electron chi connectivity index (χ4n) is 2.95. The van der Waals surface area contributed by atoms with E-state index in [-0.39, 0.29) is 5.56 Å². The van der Waals surface area contributed by atoms with Crippen molar-refractivity contribution in [2.24, 2.45) is 4.99 Å². The van der Waals surface area contributed by atoms with Gasteiger partial charge in [0.2, 0.25) is 0 Å². The van der Waals surface area contributed by atoms with E-state index < -0.39 is 0 Å². The molecule has 1 aromatic heterocycles. The Bertz CT molecular complexity index is 1200. The zero-order valence-electron chi connectivity index (χ0n) is 14.6. The van der Waals surface area contributed by atoms with Crippen LogP contribution in [0.3, 0.4) is 0 Å². The van der Waals surface area contributed by atoms with Crippen LogP contribution in [0.5, 0.6) is 0 Å². The molecule has 0 saturated heterocycles. The molecule has 4 aromatic rings. The average Bonchev–Trinajstić information content (AvgIpc) is 2.69. The third-order valence-electron chi connectivity index (χ3n) is 4.27. The number of nitrogens with zero attached hydrogens (tertiary/aromatic N) is 3. The lowest BCUT2D eigenvalue weighted by Crippen LogP contribution is -2.22. The summed E-state index contributed by atoms with van der Waals surface area (Å²) >= 11 is 3.42. The first-order chi connectivity index (χ1) is 13.1. The van der Waals surface area contributed by atoms with Gasteiger partial charge in [-0.2, -0.15) is 0 Å². The van der Waals surface area contributed by atoms with Gasteiger partial charge in [-0.1, -0.05) is 46.3 Å². The minimum absolute atomic E-state index is 0.0839. The van der Waals surface area contributed by atoms with Crippen molar-refractivity contribution in [2.45, 2.75) is 6.92 Å². The summed E-state index contributed by atoms with van der Waals surface area (Å²) in [6.07, 6.45) is 1.82. The molecule has 132 valence electrons. The second-order valence-corrected chi connectivity index (χ2v) is 7.06. The summed E-state index contributed by atoms with van der Waals surface area (Å²) in [6.45, 7) is 1.84. The smallest absolute Gasteiger partial charge is 0.265 e. The van der Waals surface area contributed by atoms with Crippen molar-refractivity contribution in [3.05, 3.63) is 99.0 Å². The van der Waals surface area contributed by atoms with Crippen LogP contribution < -0.4 is 5.56 Å². The quantitative estimate of drug-likeness (QED) is 0.429. The van der Waals surface area contributed by atoms with Gasteiger partial charge < -0.3 is 0 Å². The van der Waals surface area contributed by atoms with Gasteiger partial charge in [-0.25, -0.2) is 4.98 Å². The maximum atomic E-state index is 13.0. The van der Waals surface area contributed by atoms with Gasteiger partial charge in [0.15, 0.2) is 0 Å². The molecule has 0 atom stereocenters. The molecule has 5 heteroatoms. The van der Waals surface area contributed by atoms with E-state index in [1.54, 1.807) is 10.6 Å². The third kappa shape index (κ3) is 3.59. The number of hydrogen-bond donors (Lipinski definition) is 0. The second kappa shape index (κ2) is 7.29. The first kappa shape index (κ1) is 17.4. The summed E-state index contributed by atoms with van der Waals surface area (Å²) in [5, 5.41) is 0.584. The standard InChI is InChI=1S/C22H16BrN3O/c1-15-25-21-12-7-17(23)13-20(21)22(27)26(15)19-10-8-18(9-11-19)24-14-16-5-3-2-4-6-16/h2-14H,1H3. The summed E-state index contributed by atoms with van der Waals surface area (Å²) in [5.74, 6) is 0.648. The Morgan fingerprint density at radius 3 is 2.48 bits per heavy atom. The van der Waals surface area contributed by atoms with Gasteiger partial charge >= 0.3 is 0 Å². The summed E-state index contributed by atoms with van der Waals surface area (Å²) in [5.41, 5.74) is 3.24. The van der Waals surface area contributed by atoms with Crippen LogP contribution in [0, 0.1) is 6.92 Å². The minimum atomic E-state index is -0.0839. The van der Waals surface area contributed by atoms with Crippen LogP contribution in [0.2, 0.25) is 0 Å². The number of fused-ring (bicyclic) bond motifs is 1. The largest absolute Gasteiger partial charge is 0.268 e. The molecule has 0 radical (unpaired) electrons. The van der Waals surface area contributed by atoms with E-state index in [2.05, 4.69) is 25.9 Å². The van der Waals surface area contributed by atoms with Crippen LogP contribution in [0.1, 0.15) is 11.4 Å². The Hall–Kier alpha value is -3.05. The second-order valence-electron chi connectivity index (χ2n) is 6.15. The Kier molecular flexibility index (Phi) is 4.69. The van der Waals surface area contributed by atoms with Gasteiger partial charge in [0.05, 0.1) is 22.3 Å². The molecule has 4 rings (SSSR count). The Balaban J connectivity index is 1.72. The van der Waals surface area contributed by atoms with Crippen LogP contribution >= 0.6 is 15.9 Å². The van der Waals surface area contributed by atoms with Crippen LogP contribution in [-0.4, -0.2) is 15.8 Å². The van der Waals surface area contributed by atoms with Gasteiger partial charge in [0, 0.05) is 10.7 Å². The van der Waals surface area contributed by atoms with Gasteiger partial charge in [-0.05, 0) is 55.0 Å². The van der Waals surface area contributed by atoms with E-state index >= 15 is 0 Å². The molecule has 0 amide bonds. The topological polar surface area (TPSA) is 47.2 Å². The molecule has 0 saturated carbocycles. The van der Waals surface area contributed by atoms with Crippen molar-refractivity contribution in [1.29, 1.82) is 0 Å². The molecule has 0 aliphatic rings. The van der Waals surface area contributed by atoms with Gasteiger partial charge in [-0.15, -0.1) is 0 Å². The van der Waals surface area contributed by atoms with Crippen molar-refractivity contribution in [3.8, 4) is 5.69 Å². The van der Waals surface area contributed by atoms with E-state index in [4.69, 9.17) is 0 Å². The lowest BCUT2D eigenvalue weighted by molar-refractivity contribution is 0.895. The highest BCUT2D eigenvalue weighted by molar-refractivity contribution is 9.10. The van der Waals surface area contributed by atoms with Gasteiger partial charge in [0.25, 0.3) is 5.56 Å². The SMILES string of the molecule is Cc1nc2ccc(Br)cc2c(=O)n1-c1ccc(N=Cc2ccccc2)cc1. The molecule has 0 aliphatic heterocycles. The van der Waals surface area contributed by atoms with Crippen molar-refractivity contribution < 1.29 is 0 Å². The van der Waals surface area contributed by atoms with Crippen LogP contribution in [0.25, 0.3) is 16.6 Å². The molecule has 0 unspecified atom stereocenters. The molecule has 0 aliphatic carbocycles. The van der Waals surface area contributed by atoms with Crippen molar-refractivity contribution in [1.82, 2.24) is 9.55 Å². The lowest BCUT2D eigenvalue weighted by Gasteiger charge is -2.11. The molecule has 0 fully saturated rings. The van der Waals surface area contributed by atoms with Crippen LogP contribution in [-0.2, 0) is 0 Å². The first-order valence-electron chi connectivity index (χ1n) is 8.50. The Morgan fingerprint density at radius 2 is 1.74 bits per heavy atom. The highest BCUT2D eigenvalue weighted by Crippen LogP contribution is 2.19. The highest BCUT2D eigenvalue weighted by Gasteiger charge is 2.10. The number of benzene rings is 3. The average molecular weight is 418 g/mol. The van der Waals surface area contributed by atoms with Crippen molar-refractivity contribution in [3.63, 3.8) is 0 Å². The zero-order valence-corrected chi connectivity index (χ0v) is 16.2. The van der Waals surface area contributed by atoms with E-state index in [0.717, 1.165) is 21.4 Å². The van der Waals surface area contributed by atoms with E-state index in [0.29, 0.717) is 16.7 Å². The molecule has 27 heavy (non-hydrogen) atoms. The summed E-state index contributed by atoms with van der Waals surface area (Å²) < 4.78 is 2.48. The number of aromatic nitrogens is 2. The van der Waals surface area contributed by atoms with E-state index in [9.17, 15) is 4.79 Å². The number of aliphatic imine (C=N–C) groups is 1. The number of halogens is 1. The van der Waals surface area contributed by atoms with Gasteiger partial charge in [-0.3, -0.25) is 14.4 Å². The van der Waals surface area contributed by atoms with Crippen LogP contribution in [0.15, 0.2) is 87.1 Å². The van der Waals surface area contributed by atoms with Gasteiger partial charge in [0.1, 0.15) is 5.82 Å². The molecule has 0 spiro atoms. The number of aryl methyl sites for hydroxylation is 1. The third-order valence-corrected chi connectivity index (χ3v) is 4.76. The molecule has 0 bridgehead atoms. The molecule has 1 heterocycles. The zero-order chi connectivity index (χ0) is 18.8. The fourth-order valence-corrected chi connectivity index (χ4v) is 3.31.